The number of para-hydroxylation sites is 2. The van der Waals surface area contributed by atoms with Crippen LogP contribution in [0.5, 0.6) is 5.75 Å². The Kier molecular flexibility index (Phi) is 6.35. The molecule has 0 fully saturated rings. The number of fused-ring (bicyclic) bond motifs is 22. The van der Waals surface area contributed by atoms with Crippen molar-refractivity contribution in [3.8, 4) is 39.3 Å². The molecule has 4 heterocycles. The average Bonchev–Trinajstić information content (AvgIpc) is 4.12. The average molecular weight is 807 g/mol. The fraction of sp³-hybridized carbons (Fsp3) is 0.0517. The topological polar surface area (TPSA) is 25.4 Å². The highest BCUT2D eigenvalue weighted by molar-refractivity contribution is 7.25. The quantitative estimate of drug-likeness (QED) is 0.163. The third-order valence-electron chi connectivity index (χ3n) is 14.4. The van der Waals surface area contributed by atoms with E-state index in [1.165, 1.54) is 92.3 Å². The third kappa shape index (κ3) is 4.04. The molecule has 9 aromatic carbocycles. The summed E-state index contributed by atoms with van der Waals surface area (Å²) in [5.41, 5.74) is 18.1. The Morgan fingerprint density at radius 1 is 0.500 bits per heavy atom. The van der Waals surface area contributed by atoms with Gasteiger partial charge in [0.15, 0.2) is 6.10 Å². The van der Waals surface area contributed by atoms with Gasteiger partial charge in [-0.25, -0.2) is 4.98 Å². The van der Waals surface area contributed by atoms with Crippen LogP contribution >= 0.6 is 11.3 Å². The van der Waals surface area contributed by atoms with Crippen molar-refractivity contribution in [2.45, 2.75) is 17.6 Å². The van der Waals surface area contributed by atoms with Gasteiger partial charge < -0.3 is 9.64 Å². The van der Waals surface area contributed by atoms with Gasteiger partial charge in [0.25, 0.3) is 0 Å². The van der Waals surface area contributed by atoms with Gasteiger partial charge in [-0.2, -0.15) is 0 Å². The summed E-state index contributed by atoms with van der Waals surface area (Å²) in [4.78, 5) is 8.10. The Hall–Kier alpha value is -7.53. The van der Waals surface area contributed by atoms with E-state index in [0.29, 0.717) is 0 Å². The molecule has 0 amide bonds. The lowest BCUT2D eigenvalue weighted by Gasteiger charge is -2.30. The molecule has 0 bridgehead atoms. The third-order valence-corrected chi connectivity index (χ3v) is 15.5. The summed E-state index contributed by atoms with van der Waals surface area (Å²) in [6.07, 6.45) is -0.110. The molecule has 2 aliphatic carbocycles. The number of aromatic nitrogens is 1. The minimum Gasteiger partial charge on any atom is -0.483 e. The van der Waals surface area contributed by atoms with Crippen molar-refractivity contribution in [1.82, 2.24) is 4.98 Å². The zero-order valence-electron chi connectivity index (χ0n) is 33.3. The van der Waals surface area contributed by atoms with Gasteiger partial charge in [-0.15, -0.1) is 11.3 Å². The van der Waals surface area contributed by atoms with Gasteiger partial charge in [0, 0.05) is 64.4 Å². The first kappa shape index (κ1) is 33.2. The number of benzene rings is 9. The number of anilines is 2. The minimum atomic E-state index is -0.420. The van der Waals surface area contributed by atoms with E-state index in [-0.39, 0.29) is 12.1 Å². The van der Waals surface area contributed by atoms with E-state index in [4.69, 9.17) is 9.72 Å². The SMILES string of the molecule is c1cc(-c2nc3ccccc3c3c4c(ccc23)C2(c3ccccc3-c3ccccc32)c2ccccc2-4)cc(N2c3cc4c(cc3C3Oc5ccccc5C32)sc2ccccc24)c1. The lowest BCUT2D eigenvalue weighted by molar-refractivity contribution is 0.223. The number of hydrogen-bond acceptors (Lipinski definition) is 4. The van der Waals surface area contributed by atoms with Crippen molar-refractivity contribution < 1.29 is 4.74 Å². The van der Waals surface area contributed by atoms with Crippen molar-refractivity contribution in [3.63, 3.8) is 0 Å². The van der Waals surface area contributed by atoms with Gasteiger partial charge in [0.1, 0.15) is 11.8 Å². The predicted molar refractivity (Wildman–Crippen MR) is 255 cm³/mol. The van der Waals surface area contributed by atoms with Crippen LogP contribution in [0.2, 0.25) is 0 Å². The Morgan fingerprint density at radius 2 is 1.19 bits per heavy atom. The summed E-state index contributed by atoms with van der Waals surface area (Å²) in [5, 5.41) is 6.19. The van der Waals surface area contributed by atoms with Gasteiger partial charge in [0.05, 0.1) is 16.6 Å². The summed E-state index contributed by atoms with van der Waals surface area (Å²) in [5.74, 6) is 0.965. The molecule has 0 N–H and O–H groups in total. The normalized spacial score (nSPS) is 16.9. The molecule has 2 unspecified atom stereocenters. The smallest absolute Gasteiger partial charge is 0.151 e. The van der Waals surface area contributed by atoms with Crippen molar-refractivity contribution in [2.75, 3.05) is 4.90 Å². The fourth-order valence-electron chi connectivity index (χ4n) is 12.0. The van der Waals surface area contributed by atoms with E-state index in [9.17, 15) is 0 Å². The van der Waals surface area contributed by atoms with Crippen LogP contribution in [0.15, 0.2) is 194 Å². The zero-order chi connectivity index (χ0) is 40.3. The number of rotatable bonds is 2. The highest BCUT2D eigenvalue weighted by Crippen LogP contribution is 2.65. The summed E-state index contributed by atoms with van der Waals surface area (Å²) < 4.78 is 9.46. The van der Waals surface area contributed by atoms with Crippen LogP contribution < -0.4 is 9.64 Å². The lowest BCUT2D eigenvalue weighted by Crippen LogP contribution is -2.25. The van der Waals surface area contributed by atoms with E-state index in [1.807, 2.05) is 11.3 Å². The molecule has 11 aromatic rings. The second-order valence-electron chi connectivity index (χ2n) is 17.2. The molecule has 0 saturated heterocycles. The van der Waals surface area contributed by atoms with Crippen molar-refractivity contribution >= 4 is 64.6 Å². The maximum Gasteiger partial charge on any atom is 0.151 e. The first-order valence-corrected chi connectivity index (χ1v) is 22.3. The monoisotopic (exact) mass is 806 g/mol. The van der Waals surface area contributed by atoms with Crippen LogP contribution in [0.4, 0.5) is 11.4 Å². The molecular formula is C58H34N2OS. The fourth-order valence-corrected chi connectivity index (χ4v) is 13.1. The van der Waals surface area contributed by atoms with E-state index in [1.54, 1.807) is 0 Å². The largest absolute Gasteiger partial charge is 0.483 e. The molecule has 0 saturated carbocycles. The van der Waals surface area contributed by atoms with Gasteiger partial charge >= 0.3 is 0 Å². The molecule has 2 atom stereocenters. The molecule has 2 aliphatic heterocycles. The van der Waals surface area contributed by atoms with Crippen molar-refractivity contribution in [2.24, 2.45) is 0 Å². The summed E-state index contributed by atoms with van der Waals surface area (Å²) in [6.45, 7) is 0. The van der Waals surface area contributed by atoms with E-state index in [0.717, 1.165) is 33.6 Å². The van der Waals surface area contributed by atoms with Crippen LogP contribution in [0.1, 0.15) is 45.5 Å². The van der Waals surface area contributed by atoms with Gasteiger partial charge in [-0.1, -0.05) is 152 Å². The minimum absolute atomic E-state index is 0.00801. The first-order valence-electron chi connectivity index (χ1n) is 21.5. The van der Waals surface area contributed by atoms with Gasteiger partial charge in [-0.05, 0) is 87.0 Å². The molecule has 288 valence electrons. The number of pyridine rings is 1. The lowest BCUT2D eigenvalue weighted by atomic mass is 9.70. The molecule has 0 radical (unpaired) electrons. The maximum absolute atomic E-state index is 6.86. The summed E-state index contributed by atoms with van der Waals surface area (Å²) in [7, 11) is 0. The van der Waals surface area contributed by atoms with Crippen LogP contribution in [-0.2, 0) is 5.41 Å². The van der Waals surface area contributed by atoms with E-state index >= 15 is 0 Å². The van der Waals surface area contributed by atoms with Crippen LogP contribution in [-0.4, -0.2) is 4.98 Å². The van der Waals surface area contributed by atoms with E-state index < -0.39 is 5.41 Å². The highest BCUT2D eigenvalue weighted by Gasteiger charge is 2.52. The second-order valence-corrected chi connectivity index (χ2v) is 18.3. The maximum atomic E-state index is 6.86. The Bertz CT molecular complexity index is 3740. The van der Waals surface area contributed by atoms with E-state index in [2.05, 4.69) is 199 Å². The zero-order valence-corrected chi connectivity index (χ0v) is 34.2. The number of hydrogen-bond donors (Lipinski definition) is 0. The van der Waals surface area contributed by atoms with Crippen LogP contribution in [0.3, 0.4) is 0 Å². The van der Waals surface area contributed by atoms with Crippen LogP contribution in [0, 0.1) is 0 Å². The molecule has 1 spiro atoms. The Morgan fingerprint density at radius 3 is 2.03 bits per heavy atom. The van der Waals surface area contributed by atoms with Crippen molar-refractivity contribution in [1.29, 1.82) is 0 Å². The molecule has 3 nitrogen and oxygen atoms in total. The van der Waals surface area contributed by atoms with Crippen molar-refractivity contribution in [3.05, 3.63) is 228 Å². The highest BCUT2D eigenvalue weighted by atomic mass is 32.1. The Labute approximate surface area is 361 Å². The number of nitrogens with zero attached hydrogens (tertiary/aromatic N) is 2. The molecule has 62 heavy (non-hydrogen) atoms. The Balaban J connectivity index is 0.983. The number of ether oxygens (including phenoxy) is 1. The molecule has 4 aliphatic rings. The molecule has 15 rings (SSSR count). The standard InChI is InChI=1S/C58H34N2OS/c1-7-22-44-35(16-1)36-17-2-8-23-45(36)58(44)46-24-9-3-19-38(46)54-47(58)29-28-41-53(54)39-20-4-10-25-48(39)59-55(41)33-14-13-15-34(30-33)60-49-31-42-37-18-6-12-27-51(37)62-52(42)32-43(49)57-56(60)40-21-5-11-26-50(40)61-57/h1-32,56-57H. The van der Waals surface area contributed by atoms with Gasteiger partial charge in [-0.3, -0.25) is 0 Å². The second kappa shape index (κ2) is 11.8. The molecular weight excluding hydrogens is 773 g/mol. The molecule has 4 heteroatoms. The predicted octanol–water partition coefficient (Wildman–Crippen LogP) is 15.1. The van der Waals surface area contributed by atoms with Crippen LogP contribution in [0.25, 0.3) is 75.4 Å². The number of thiophene rings is 1. The summed E-state index contributed by atoms with van der Waals surface area (Å²) in [6, 6.07) is 72.0. The molecule has 2 aromatic heterocycles. The van der Waals surface area contributed by atoms with Gasteiger partial charge in [0.2, 0.25) is 0 Å². The first-order chi connectivity index (χ1) is 30.8. The summed E-state index contributed by atoms with van der Waals surface area (Å²) >= 11 is 1.87.